The Bertz CT molecular complexity index is 442. The lowest BCUT2D eigenvalue weighted by Gasteiger charge is -2.02. The second kappa shape index (κ2) is 4.01. The zero-order valence-electron chi connectivity index (χ0n) is 8.13. The molecule has 2 heterocycles. The summed E-state index contributed by atoms with van der Waals surface area (Å²) in [6.45, 7) is 0.657. The molecule has 86 valence electrons. The summed E-state index contributed by atoms with van der Waals surface area (Å²) in [6.07, 6.45) is -1.02. The SMILES string of the molecule is FC(F)(F)c1nc(Cl)cc([N+]2=CCCC2)n1. The van der Waals surface area contributed by atoms with Crippen molar-refractivity contribution in [2.24, 2.45) is 0 Å². The zero-order valence-corrected chi connectivity index (χ0v) is 8.89. The second-order valence-corrected chi connectivity index (χ2v) is 3.78. The summed E-state index contributed by atoms with van der Waals surface area (Å²) in [6, 6.07) is 1.33. The smallest absolute Gasteiger partial charge is 0.235 e. The van der Waals surface area contributed by atoms with Gasteiger partial charge in [0.25, 0.3) is 0 Å². The molecule has 0 unspecified atom stereocenters. The van der Waals surface area contributed by atoms with Crippen LogP contribution in [0.15, 0.2) is 6.07 Å². The van der Waals surface area contributed by atoms with Crippen LogP contribution >= 0.6 is 11.6 Å². The highest BCUT2D eigenvalue weighted by molar-refractivity contribution is 6.29. The topological polar surface area (TPSA) is 28.8 Å². The highest BCUT2D eigenvalue weighted by Crippen LogP contribution is 2.29. The van der Waals surface area contributed by atoms with E-state index in [1.165, 1.54) is 6.07 Å². The number of hydrogen-bond acceptors (Lipinski definition) is 2. The standard InChI is InChI=1S/C9H8ClF3N3/c10-6-5-7(16-3-1-2-4-16)15-8(14-6)9(11,12)13/h3,5H,1-2,4H2/q+1. The van der Waals surface area contributed by atoms with Crippen molar-refractivity contribution >= 4 is 23.6 Å². The molecule has 0 radical (unpaired) electrons. The molecule has 0 saturated heterocycles. The van der Waals surface area contributed by atoms with Gasteiger partial charge in [0.05, 0.1) is 18.8 Å². The molecule has 1 aromatic heterocycles. The maximum Gasteiger partial charge on any atom is 0.477 e. The van der Waals surface area contributed by atoms with Crippen molar-refractivity contribution in [2.45, 2.75) is 19.0 Å². The van der Waals surface area contributed by atoms with Crippen LogP contribution in [0.5, 0.6) is 0 Å². The third-order valence-corrected chi connectivity index (χ3v) is 2.38. The van der Waals surface area contributed by atoms with Crippen molar-refractivity contribution in [1.29, 1.82) is 0 Å². The van der Waals surface area contributed by atoms with Gasteiger partial charge in [-0.3, -0.25) is 0 Å². The highest BCUT2D eigenvalue weighted by Gasteiger charge is 2.40. The van der Waals surface area contributed by atoms with E-state index < -0.39 is 12.0 Å². The van der Waals surface area contributed by atoms with Crippen LogP contribution in [-0.2, 0) is 6.18 Å². The molecule has 7 heteroatoms. The molecule has 1 aliphatic rings. The van der Waals surface area contributed by atoms with Gasteiger partial charge in [0.2, 0.25) is 0 Å². The third-order valence-electron chi connectivity index (χ3n) is 2.18. The van der Waals surface area contributed by atoms with Gasteiger partial charge in [0.15, 0.2) is 0 Å². The van der Waals surface area contributed by atoms with Gasteiger partial charge in [-0.15, -0.1) is 0 Å². The molecule has 0 bridgehead atoms. The molecule has 0 aliphatic carbocycles. The Morgan fingerprint density at radius 3 is 2.62 bits per heavy atom. The van der Waals surface area contributed by atoms with Gasteiger partial charge in [0.1, 0.15) is 5.15 Å². The van der Waals surface area contributed by atoms with Gasteiger partial charge in [-0.2, -0.15) is 18.2 Å². The van der Waals surface area contributed by atoms with Crippen molar-refractivity contribution in [3.63, 3.8) is 0 Å². The Labute approximate surface area is 94.6 Å². The van der Waals surface area contributed by atoms with Gasteiger partial charge >= 0.3 is 17.8 Å². The molecule has 0 N–H and O–H groups in total. The molecule has 0 aromatic carbocycles. The van der Waals surface area contributed by atoms with Crippen molar-refractivity contribution in [3.05, 3.63) is 17.0 Å². The van der Waals surface area contributed by atoms with Gasteiger partial charge in [-0.1, -0.05) is 11.6 Å². The third kappa shape index (κ3) is 2.32. The first-order chi connectivity index (χ1) is 7.47. The van der Waals surface area contributed by atoms with Gasteiger partial charge < -0.3 is 0 Å². The molecular weight excluding hydrogens is 243 g/mol. The van der Waals surface area contributed by atoms with E-state index in [1.54, 1.807) is 10.8 Å². The predicted octanol–water partition coefficient (Wildman–Crippen LogP) is 2.66. The number of hydrogen-bond donors (Lipinski definition) is 0. The van der Waals surface area contributed by atoms with E-state index in [4.69, 9.17) is 11.6 Å². The number of halogens is 4. The minimum atomic E-state index is -4.57. The van der Waals surface area contributed by atoms with Crippen LogP contribution in [0.4, 0.5) is 19.0 Å². The van der Waals surface area contributed by atoms with E-state index in [1.807, 2.05) is 0 Å². The first kappa shape index (κ1) is 11.3. The second-order valence-electron chi connectivity index (χ2n) is 3.39. The summed E-state index contributed by atoms with van der Waals surface area (Å²) in [7, 11) is 0. The summed E-state index contributed by atoms with van der Waals surface area (Å²) < 4.78 is 38.9. The molecule has 0 amide bonds. The lowest BCUT2D eigenvalue weighted by atomic mass is 10.4. The average molecular weight is 251 g/mol. The Morgan fingerprint density at radius 1 is 1.31 bits per heavy atom. The molecule has 0 fully saturated rings. The molecule has 2 rings (SSSR count). The molecule has 0 atom stereocenters. The summed E-state index contributed by atoms with van der Waals surface area (Å²) in [5.74, 6) is -1.000. The van der Waals surface area contributed by atoms with E-state index in [0.29, 0.717) is 6.54 Å². The maximum atomic E-state index is 12.4. The van der Waals surface area contributed by atoms with Crippen LogP contribution in [0.3, 0.4) is 0 Å². The molecule has 0 spiro atoms. The fourth-order valence-corrected chi connectivity index (χ4v) is 1.67. The van der Waals surface area contributed by atoms with Crippen LogP contribution < -0.4 is 0 Å². The Balaban J connectivity index is 2.44. The van der Waals surface area contributed by atoms with E-state index in [-0.39, 0.29) is 11.0 Å². The number of alkyl halides is 3. The van der Waals surface area contributed by atoms with Crippen molar-refractivity contribution in [3.8, 4) is 0 Å². The summed E-state index contributed by atoms with van der Waals surface area (Å²) >= 11 is 5.54. The van der Waals surface area contributed by atoms with Gasteiger partial charge in [0, 0.05) is 6.42 Å². The number of aromatic nitrogens is 2. The maximum absolute atomic E-state index is 12.4. The Morgan fingerprint density at radius 2 is 2.06 bits per heavy atom. The molecule has 3 nitrogen and oxygen atoms in total. The van der Waals surface area contributed by atoms with Crippen molar-refractivity contribution < 1.29 is 17.7 Å². The fraction of sp³-hybridized carbons (Fsp3) is 0.444. The largest absolute Gasteiger partial charge is 0.477 e. The average Bonchev–Trinajstić information content (AvgIpc) is 2.68. The number of nitrogens with zero attached hydrogens (tertiary/aromatic N) is 3. The molecule has 1 aromatic rings. The normalized spacial score (nSPS) is 16.4. The van der Waals surface area contributed by atoms with Crippen LogP contribution in [0.1, 0.15) is 18.7 Å². The minimum absolute atomic E-state index is 0.197. The summed E-state index contributed by atoms with van der Waals surface area (Å²) in [5, 5.41) is -0.197. The molecule has 16 heavy (non-hydrogen) atoms. The zero-order chi connectivity index (χ0) is 11.8. The quantitative estimate of drug-likeness (QED) is 0.566. The van der Waals surface area contributed by atoms with Crippen LogP contribution in [0.25, 0.3) is 0 Å². The molecular formula is C9H8ClF3N3+. The van der Waals surface area contributed by atoms with E-state index >= 15 is 0 Å². The van der Waals surface area contributed by atoms with Crippen LogP contribution in [-0.4, -0.2) is 27.3 Å². The molecule has 0 saturated carbocycles. The Kier molecular flexibility index (Phi) is 2.84. The van der Waals surface area contributed by atoms with Crippen LogP contribution in [0.2, 0.25) is 5.15 Å². The van der Waals surface area contributed by atoms with Crippen LogP contribution in [0, 0.1) is 0 Å². The lowest BCUT2D eigenvalue weighted by molar-refractivity contribution is -0.431. The fourth-order valence-electron chi connectivity index (χ4n) is 1.49. The first-order valence-corrected chi connectivity index (χ1v) is 5.06. The molecule has 1 aliphatic heterocycles. The van der Waals surface area contributed by atoms with Gasteiger partial charge in [-0.05, 0) is 11.4 Å². The summed E-state index contributed by atoms with van der Waals surface area (Å²) in [4.78, 5) is 6.63. The van der Waals surface area contributed by atoms with Crippen molar-refractivity contribution in [1.82, 2.24) is 9.97 Å². The first-order valence-electron chi connectivity index (χ1n) is 4.68. The van der Waals surface area contributed by atoms with Gasteiger partial charge in [-0.25, -0.2) is 4.58 Å². The predicted molar refractivity (Wildman–Crippen MR) is 52.1 cm³/mol. The Hall–Kier alpha value is -1.17. The highest BCUT2D eigenvalue weighted by atomic mass is 35.5. The summed E-state index contributed by atoms with van der Waals surface area (Å²) in [5.41, 5.74) is 0. The van der Waals surface area contributed by atoms with Crippen molar-refractivity contribution in [2.75, 3.05) is 6.54 Å². The van der Waals surface area contributed by atoms with E-state index in [2.05, 4.69) is 9.97 Å². The minimum Gasteiger partial charge on any atom is -0.235 e. The van der Waals surface area contributed by atoms with E-state index in [0.717, 1.165) is 12.8 Å². The number of rotatable bonds is 1. The lowest BCUT2D eigenvalue weighted by Crippen LogP contribution is -2.13. The van der Waals surface area contributed by atoms with E-state index in [9.17, 15) is 13.2 Å². The monoisotopic (exact) mass is 250 g/mol.